The van der Waals surface area contributed by atoms with Gasteiger partial charge in [0.2, 0.25) is 0 Å². The predicted molar refractivity (Wildman–Crippen MR) is 119 cm³/mol. The third-order valence-corrected chi connectivity index (χ3v) is 5.08. The summed E-state index contributed by atoms with van der Waals surface area (Å²) in [5, 5.41) is 11.0. The molecular formula is C18H27FIN5S. The fourth-order valence-corrected chi connectivity index (χ4v) is 3.35. The van der Waals surface area contributed by atoms with E-state index < -0.39 is 0 Å². The highest BCUT2D eigenvalue weighted by Crippen LogP contribution is 2.14. The van der Waals surface area contributed by atoms with Crippen molar-refractivity contribution in [3.8, 4) is 0 Å². The molecule has 5 nitrogen and oxygen atoms in total. The van der Waals surface area contributed by atoms with Gasteiger partial charge in [-0.05, 0) is 25.5 Å². The summed E-state index contributed by atoms with van der Waals surface area (Å²) in [7, 11) is 3.70. The molecule has 0 aliphatic rings. The molecule has 2 aromatic rings. The van der Waals surface area contributed by atoms with Gasteiger partial charge in [0.15, 0.2) is 5.96 Å². The third-order valence-electron chi connectivity index (χ3n) is 4.07. The van der Waals surface area contributed by atoms with Crippen molar-refractivity contribution in [3.05, 3.63) is 52.6 Å². The summed E-state index contributed by atoms with van der Waals surface area (Å²) in [6.07, 6.45) is 0. The molecule has 1 aromatic carbocycles. The molecular weight excluding hydrogens is 464 g/mol. The smallest absolute Gasteiger partial charge is 0.191 e. The first-order valence-electron chi connectivity index (χ1n) is 8.27. The zero-order chi connectivity index (χ0) is 18.2. The summed E-state index contributed by atoms with van der Waals surface area (Å²) in [6.45, 7) is 5.53. The maximum atomic E-state index is 13.5. The van der Waals surface area contributed by atoms with E-state index in [-0.39, 0.29) is 29.8 Å². The van der Waals surface area contributed by atoms with Gasteiger partial charge in [-0.25, -0.2) is 4.39 Å². The highest BCUT2D eigenvalue weighted by atomic mass is 127. The van der Waals surface area contributed by atoms with Crippen LogP contribution in [0.25, 0.3) is 0 Å². The van der Waals surface area contributed by atoms with Crippen LogP contribution in [0, 0.1) is 19.7 Å². The van der Waals surface area contributed by atoms with Gasteiger partial charge in [-0.1, -0.05) is 18.2 Å². The SMILES string of the molecule is CN=C(NCCSCc1ccccc1F)NCc1c(C)nn(C)c1C.I. The van der Waals surface area contributed by atoms with Gasteiger partial charge in [0.1, 0.15) is 5.82 Å². The van der Waals surface area contributed by atoms with E-state index >= 15 is 0 Å². The number of aryl methyl sites for hydroxylation is 2. The standard InChI is InChI=1S/C18H26FN5S.HI/c1-13-16(14(2)24(4)23-13)11-22-18(20-3)21-9-10-25-12-15-7-5-6-8-17(15)19;/h5-8H,9-12H2,1-4H3,(H2,20,21,22);1H. The molecule has 0 bridgehead atoms. The van der Waals surface area contributed by atoms with Crippen molar-refractivity contribution >= 4 is 41.7 Å². The molecule has 26 heavy (non-hydrogen) atoms. The molecule has 0 saturated carbocycles. The zero-order valence-corrected chi connectivity index (χ0v) is 18.8. The molecule has 1 heterocycles. The van der Waals surface area contributed by atoms with Gasteiger partial charge in [0.25, 0.3) is 0 Å². The molecule has 0 fully saturated rings. The summed E-state index contributed by atoms with van der Waals surface area (Å²) in [5.74, 6) is 2.17. The largest absolute Gasteiger partial charge is 0.356 e. The van der Waals surface area contributed by atoms with E-state index in [1.165, 1.54) is 11.6 Å². The lowest BCUT2D eigenvalue weighted by atomic mass is 10.2. The van der Waals surface area contributed by atoms with Crippen LogP contribution < -0.4 is 10.6 Å². The average molecular weight is 491 g/mol. The van der Waals surface area contributed by atoms with E-state index in [4.69, 9.17) is 0 Å². The molecule has 1 aromatic heterocycles. The van der Waals surface area contributed by atoms with E-state index in [1.807, 2.05) is 30.8 Å². The van der Waals surface area contributed by atoms with Crippen molar-refractivity contribution in [1.29, 1.82) is 0 Å². The van der Waals surface area contributed by atoms with E-state index in [0.717, 1.165) is 35.2 Å². The van der Waals surface area contributed by atoms with Crippen LogP contribution in [0.5, 0.6) is 0 Å². The lowest BCUT2D eigenvalue weighted by Gasteiger charge is -2.12. The Labute approximate surface area is 176 Å². The topological polar surface area (TPSA) is 54.2 Å². The second-order valence-corrected chi connectivity index (χ2v) is 6.87. The zero-order valence-electron chi connectivity index (χ0n) is 15.7. The molecule has 8 heteroatoms. The van der Waals surface area contributed by atoms with Gasteiger partial charge >= 0.3 is 0 Å². The maximum absolute atomic E-state index is 13.5. The van der Waals surface area contributed by atoms with Crippen molar-refractivity contribution in [2.45, 2.75) is 26.1 Å². The van der Waals surface area contributed by atoms with Gasteiger partial charge in [0, 0.05) is 49.9 Å². The first-order chi connectivity index (χ1) is 12.0. The summed E-state index contributed by atoms with van der Waals surface area (Å²) in [5.41, 5.74) is 4.13. The number of hydrogen-bond donors (Lipinski definition) is 2. The molecule has 0 aliphatic heterocycles. The third kappa shape index (κ3) is 6.46. The number of aromatic nitrogens is 2. The van der Waals surface area contributed by atoms with Crippen molar-refractivity contribution in [2.75, 3.05) is 19.3 Å². The lowest BCUT2D eigenvalue weighted by Crippen LogP contribution is -2.38. The Kier molecular flexibility index (Phi) is 10.0. The van der Waals surface area contributed by atoms with Gasteiger partial charge in [0.05, 0.1) is 5.69 Å². The fourth-order valence-electron chi connectivity index (χ4n) is 2.51. The second-order valence-electron chi connectivity index (χ2n) is 5.77. The Morgan fingerprint density at radius 2 is 2.00 bits per heavy atom. The van der Waals surface area contributed by atoms with E-state index in [2.05, 4.69) is 27.6 Å². The summed E-state index contributed by atoms with van der Waals surface area (Å²) in [4.78, 5) is 4.24. The maximum Gasteiger partial charge on any atom is 0.191 e. The van der Waals surface area contributed by atoms with Crippen molar-refractivity contribution < 1.29 is 4.39 Å². The van der Waals surface area contributed by atoms with Crippen LogP contribution >= 0.6 is 35.7 Å². The Bertz CT molecular complexity index is 732. The quantitative estimate of drug-likeness (QED) is 0.270. The molecule has 144 valence electrons. The molecule has 2 N–H and O–H groups in total. The predicted octanol–water partition coefficient (Wildman–Crippen LogP) is 3.39. The Morgan fingerprint density at radius 1 is 1.27 bits per heavy atom. The number of nitrogens with one attached hydrogen (secondary N) is 2. The van der Waals surface area contributed by atoms with Gasteiger partial charge < -0.3 is 10.6 Å². The molecule has 0 amide bonds. The van der Waals surface area contributed by atoms with Crippen LogP contribution in [0.2, 0.25) is 0 Å². The number of nitrogens with zero attached hydrogens (tertiary/aromatic N) is 3. The molecule has 2 rings (SSSR count). The van der Waals surface area contributed by atoms with Crippen LogP contribution in [0.3, 0.4) is 0 Å². The van der Waals surface area contributed by atoms with Crippen LogP contribution in [-0.4, -0.2) is 35.1 Å². The van der Waals surface area contributed by atoms with Crippen molar-refractivity contribution in [1.82, 2.24) is 20.4 Å². The van der Waals surface area contributed by atoms with E-state index in [9.17, 15) is 4.39 Å². The first kappa shape index (κ1) is 22.8. The van der Waals surface area contributed by atoms with Gasteiger partial charge in [-0.2, -0.15) is 16.9 Å². The fraction of sp³-hybridized carbons (Fsp3) is 0.444. The molecule has 0 spiro atoms. The van der Waals surface area contributed by atoms with Crippen LogP contribution in [-0.2, 0) is 19.3 Å². The molecule has 0 radical (unpaired) electrons. The van der Waals surface area contributed by atoms with Gasteiger partial charge in [-0.3, -0.25) is 9.67 Å². The summed E-state index contributed by atoms with van der Waals surface area (Å²) in [6, 6.07) is 6.91. The second kappa shape index (κ2) is 11.4. The van der Waals surface area contributed by atoms with E-state index in [1.54, 1.807) is 24.9 Å². The van der Waals surface area contributed by atoms with Crippen molar-refractivity contribution in [2.24, 2.45) is 12.0 Å². The number of aliphatic imine (C=N–C) groups is 1. The first-order valence-corrected chi connectivity index (χ1v) is 9.43. The van der Waals surface area contributed by atoms with E-state index in [0.29, 0.717) is 12.3 Å². The molecule has 0 saturated heterocycles. The number of rotatable bonds is 7. The Balaban J connectivity index is 0.00000338. The summed E-state index contributed by atoms with van der Waals surface area (Å²) < 4.78 is 15.4. The monoisotopic (exact) mass is 491 g/mol. The minimum atomic E-state index is -0.136. The Hall–Kier alpha value is -1.29. The average Bonchev–Trinajstić information content (AvgIpc) is 2.84. The number of hydrogen-bond acceptors (Lipinski definition) is 3. The minimum absolute atomic E-state index is 0. The summed E-state index contributed by atoms with van der Waals surface area (Å²) >= 11 is 1.70. The van der Waals surface area contributed by atoms with Crippen molar-refractivity contribution in [3.63, 3.8) is 0 Å². The minimum Gasteiger partial charge on any atom is -0.356 e. The van der Waals surface area contributed by atoms with Crippen LogP contribution in [0.15, 0.2) is 29.3 Å². The normalized spacial score (nSPS) is 11.2. The molecule has 0 unspecified atom stereocenters. The number of halogens is 2. The number of benzene rings is 1. The van der Waals surface area contributed by atoms with Crippen LogP contribution in [0.4, 0.5) is 4.39 Å². The highest BCUT2D eigenvalue weighted by Gasteiger charge is 2.09. The highest BCUT2D eigenvalue weighted by molar-refractivity contribution is 14.0. The number of thioether (sulfide) groups is 1. The molecule has 0 atom stereocenters. The van der Waals surface area contributed by atoms with Gasteiger partial charge in [-0.15, -0.1) is 24.0 Å². The van der Waals surface area contributed by atoms with Crippen LogP contribution in [0.1, 0.15) is 22.5 Å². The lowest BCUT2D eigenvalue weighted by molar-refractivity contribution is 0.617. The Morgan fingerprint density at radius 3 is 2.62 bits per heavy atom. The molecule has 0 aliphatic carbocycles. The number of guanidine groups is 1.